The van der Waals surface area contributed by atoms with Gasteiger partial charge in [-0.15, -0.1) is 0 Å². The Balaban J connectivity index is 1.61. The van der Waals surface area contributed by atoms with Gasteiger partial charge in [0.15, 0.2) is 11.5 Å². The highest BCUT2D eigenvalue weighted by Gasteiger charge is 2.23. The van der Waals surface area contributed by atoms with Gasteiger partial charge in [-0.2, -0.15) is 0 Å². The fourth-order valence-electron chi connectivity index (χ4n) is 2.65. The third kappa shape index (κ3) is 6.21. The molecule has 2 aromatic carbocycles. The van der Waals surface area contributed by atoms with Crippen molar-refractivity contribution in [2.45, 2.75) is 39.4 Å². The number of hydrogen-bond acceptors (Lipinski definition) is 6. The van der Waals surface area contributed by atoms with Crippen LogP contribution in [0.2, 0.25) is 0 Å². The van der Waals surface area contributed by atoms with Crippen LogP contribution in [-0.2, 0) is 21.1 Å². The van der Waals surface area contributed by atoms with Gasteiger partial charge < -0.3 is 14.4 Å². The van der Waals surface area contributed by atoms with Gasteiger partial charge in [0.2, 0.25) is 0 Å². The van der Waals surface area contributed by atoms with E-state index in [1.165, 1.54) is 14.0 Å². The van der Waals surface area contributed by atoms with Crippen LogP contribution in [0.1, 0.15) is 43.4 Å². The van der Waals surface area contributed by atoms with Crippen molar-refractivity contribution in [2.24, 2.45) is 10.3 Å². The predicted molar refractivity (Wildman–Crippen MR) is 116 cm³/mol. The Morgan fingerprint density at radius 2 is 1.80 bits per heavy atom. The number of benzene rings is 2. The lowest BCUT2D eigenvalue weighted by Crippen LogP contribution is -2.14. The van der Waals surface area contributed by atoms with Crippen LogP contribution >= 0.6 is 0 Å². The van der Waals surface area contributed by atoms with E-state index in [0.717, 1.165) is 29.7 Å². The summed E-state index contributed by atoms with van der Waals surface area (Å²) in [6.07, 6.45) is 2.65. The zero-order valence-electron chi connectivity index (χ0n) is 17.3. The maximum Gasteiger partial charge on any atom is 0.182 e. The normalized spacial score (nSPS) is 13.8. The molecule has 0 atom stereocenters. The van der Waals surface area contributed by atoms with E-state index in [1.807, 2.05) is 42.5 Å². The Morgan fingerprint density at radius 3 is 2.47 bits per heavy atom. The predicted octanol–water partition coefficient (Wildman–Crippen LogP) is 4.11. The standard InChI is InChI=1S/C24H24N2O4/c1-17(8-9-19-10-12-21(13-11-19)30-22-14-15-22)25-29-16-20-6-4-5-7-23(20)24(18(2)27)26-28-3/h4-7,10-13,22H,14-16H2,1-3H3/b25-17+,26-24-. The molecule has 1 fully saturated rings. The molecular formula is C24H24N2O4. The second kappa shape index (κ2) is 10.3. The molecule has 0 saturated heterocycles. The number of ether oxygens (including phenoxy) is 1. The van der Waals surface area contributed by atoms with Crippen LogP contribution in [0.4, 0.5) is 0 Å². The quantitative estimate of drug-likeness (QED) is 0.377. The number of nitrogens with zero attached hydrogens (tertiary/aromatic N) is 2. The van der Waals surface area contributed by atoms with Crippen molar-refractivity contribution in [1.82, 2.24) is 0 Å². The molecule has 2 aromatic rings. The fourth-order valence-corrected chi connectivity index (χ4v) is 2.65. The van der Waals surface area contributed by atoms with Gasteiger partial charge in [0.25, 0.3) is 0 Å². The molecular weight excluding hydrogens is 380 g/mol. The number of oxime groups is 2. The summed E-state index contributed by atoms with van der Waals surface area (Å²) in [6, 6.07) is 15.0. The second-order valence-corrected chi connectivity index (χ2v) is 6.88. The van der Waals surface area contributed by atoms with Crippen molar-refractivity contribution in [1.29, 1.82) is 0 Å². The zero-order valence-corrected chi connectivity index (χ0v) is 17.3. The molecule has 0 amide bonds. The number of hydrogen-bond donors (Lipinski definition) is 0. The second-order valence-electron chi connectivity index (χ2n) is 6.88. The molecule has 1 saturated carbocycles. The summed E-state index contributed by atoms with van der Waals surface area (Å²) in [6.45, 7) is 3.40. The molecule has 0 spiro atoms. The van der Waals surface area contributed by atoms with Crippen molar-refractivity contribution in [3.05, 3.63) is 65.2 Å². The van der Waals surface area contributed by atoms with Crippen LogP contribution in [0.5, 0.6) is 5.75 Å². The van der Waals surface area contributed by atoms with Crippen LogP contribution in [0.25, 0.3) is 0 Å². The highest BCUT2D eigenvalue weighted by molar-refractivity contribution is 6.45. The van der Waals surface area contributed by atoms with Crippen LogP contribution < -0.4 is 4.74 Å². The maximum absolute atomic E-state index is 11.9. The molecule has 0 unspecified atom stereocenters. The smallest absolute Gasteiger partial charge is 0.182 e. The Kier molecular flexibility index (Phi) is 7.23. The van der Waals surface area contributed by atoms with E-state index < -0.39 is 0 Å². The highest BCUT2D eigenvalue weighted by Crippen LogP contribution is 2.26. The lowest BCUT2D eigenvalue weighted by molar-refractivity contribution is -0.111. The first kappa shape index (κ1) is 21.1. The first-order chi connectivity index (χ1) is 14.6. The summed E-state index contributed by atoms with van der Waals surface area (Å²) in [5.41, 5.74) is 3.09. The van der Waals surface area contributed by atoms with Gasteiger partial charge in [-0.25, -0.2) is 0 Å². The molecule has 30 heavy (non-hydrogen) atoms. The zero-order chi connectivity index (χ0) is 21.3. The topological polar surface area (TPSA) is 69.5 Å². The van der Waals surface area contributed by atoms with E-state index in [0.29, 0.717) is 17.4 Å². The molecule has 0 aliphatic heterocycles. The first-order valence-electron chi connectivity index (χ1n) is 9.72. The Morgan fingerprint density at radius 1 is 1.07 bits per heavy atom. The van der Waals surface area contributed by atoms with Gasteiger partial charge >= 0.3 is 0 Å². The average molecular weight is 404 g/mol. The SMILES string of the molecule is CO/N=C(/C(C)=O)c1ccccc1CO/N=C(\C)C#Cc1ccc(OC2CC2)cc1. The number of ketones is 1. The summed E-state index contributed by atoms with van der Waals surface area (Å²) in [5.74, 6) is 6.71. The van der Waals surface area contributed by atoms with Gasteiger partial charge in [0.1, 0.15) is 25.2 Å². The molecule has 1 aliphatic rings. The van der Waals surface area contributed by atoms with E-state index in [-0.39, 0.29) is 18.1 Å². The van der Waals surface area contributed by atoms with Gasteiger partial charge in [-0.05, 0) is 50.0 Å². The largest absolute Gasteiger partial charge is 0.490 e. The fraction of sp³-hybridized carbons (Fsp3) is 0.292. The summed E-state index contributed by atoms with van der Waals surface area (Å²) in [7, 11) is 1.40. The summed E-state index contributed by atoms with van der Waals surface area (Å²) < 4.78 is 5.73. The van der Waals surface area contributed by atoms with E-state index in [2.05, 4.69) is 22.2 Å². The van der Waals surface area contributed by atoms with Gasteiger partial charge in [-0.3, -0.25) is 4.79 Å². The summed E-state index contributed by atoms with van der Waals surface area (Å²) >= 11 is 0. The van der Waals surface area contributed by atoms with E-state index in [9.17, 15) is 4.79 Å². The molecule has 1 aliphatic carbocycles. The Hall–Kier alpha value is -3.59. The highest BCUT2D eigenvalue weighted by atomic mass is 16.6. The molecule has 0 radical (unpaired) electrons. The molecule has 0 aromatic heterocycles. The number of carbonyl (C=O) groups is 1. The summed E-state index contributed by atoms with van der Waals surface area (Å²) in [4.78, 5) is 22.1. The summed E-state index contributed by atoms with van der Waals surface area (Å²) in [5, 5.41) is 7.88. The van der Waals surface area contributed by atoms with E-state index in [4.69, 9.17) is 14.4 Å². The first-order valence-corrected chi connectivity index (χ1v) is 9.72. The lowest BCUT2D eigenvalue weighted by Gasteiger charge is -2.08. The minimum Gasteiger partial charge on any atom is -0.490 e. The van der Waals surface area contributed by atoms with Crippen molar-refractivity contribution in [2.75, 3.05) is 7.11 Å². The van der Waals surface area contributed by atoms with Gasteiger partial charge in [-0.1, -0.05) is 40.5 Å². The van der Waals surface area contributed by atoms with Crippen LogP contribution in [0, 0.1) is 11.8 Å². The van der Waals surface area contributed by atoms with Crippen LogP contribution in [-0.4, -0.2) is 30.4 Å². The van der Waals surface area contributed by atoms with Gasteiger partial charge in [0, 0.05) is 23.6 Å². The monoisotopic (exact) mass is 404 g/mol. The third-order valence-electron chi connectivity index (χ3n) is 4.28. The molecule has 0 bridgehead atoms. The number of rotatable bonds is 8. The van der Waals surface area contributed by atoms with Crippen LogP contribution in [0.15, 0.2) is 58.8 Å². The molecule has 6 heteroatoms. The minimum atomic E-state index is -0.191. The van der Waals surface area contributed by atoms with Crippen LogP contribution in [0.3, 0.4) is 0 Å². The minimum absolute atomic E-state index is 0.179. The van der Waals surface area contributed by atoms with E-state index in [1.54, 1.807) is 13.0 Å². The molecule has 3 rings (SSSR count). The lowest BCUT2D eigenvalue weighted by atomic mass is 10.0. The number of carbonyl (C=O) groups excluding carboxylic acids is 1. The molecule has 6 nitrogen and oxygen atoms in total. The number of Topliss-reactive ketones (excluding diaryl/α,β-unsaturated/α-hetero) is 1. The van der Waals surface area contributed by atoms with Gasteiger partial charge in [0.05, 0.1) is 6.10 Å². The van der Waals surface area contributed by atoms with Crippen molar-refractivity contribution >= 4 is 17.2 Å². The Labute approximate surface area is 176 Å². The maximum atomic E-state index is 11.9. The van der Waals surface area contributed by atoms with Crippen molar-refractivity contribution in [3.63, 3.8) is 0 Å². The Bertz CT molecular complexity index is 1010. The third-order valence-corrected chi connectivity index (χ3v) is 4.28. The van der Waals surface area contributed by atoms with E-state index >= 15 is 0 Å². The average Bonchev–Trinajstić information content (AvgIpc) is 3.56. The molecule has 0 heterocycles. The van der Waals surface area contributed by atoms with Crippen molar-refractivity contribution < 1.29 is 19.2 Å². The molecule has 0 N–H and O–H groups in total. The molecule has 154 valence electrons. The van der Waals surface area contributed by atoms with Crippen molar-refractivity contribution in [3.8, 4) is 17.6 Å².